The Morgan fingerprint density at radius 3 is 1.87 bits per heavy atom. The monoisotopic (exact) mass is 801 g/mol. The van der Waals surface area contributed by atoms with Crippen LogP contribution >= 0.6 is 0 Å². The van der Waals surface area contributed by atoms with Gasteiger partial charge in [0.15, 0.2) is 12.6 Å². The largest absolute Gasteiger partial charge is 0.394 e. The van der Waals surface area contributed by atoms with E-state index in [4.69, 9.17) is 41.9 Å². The molecule has 0 spiro atoms. The molecule has 18 N–H and O–H groups in total. The Morgan fingerprint density at radius 1 is 0.727 bits per heavy atom. The number of H-pyrrole nitrogens is 2. The predicted octanol–water partition coefficient (Wildman–Crippen LogP) is -6.27. The van der Waals surface area contributed by atoms with Gasteiger partial charge in [0.2, 0.25) is 0 Å². The molecular formula is C32H47N7O15S. The molecule has 0 bridgehead atoms. The van der Waals surface area contributed by atoms with Gasteiger partial charge in [0.05, 0.1) is 28.6 Å². The summed E-state index contributed by atoms with van der Waals surface area (Å²) in [5.74, 6) is 0. The molecule has 0 amide bonds. The average Bonchev–Trinajstić information content (AvgIpc) is 3.15. The third-order valence-corrected chi connectivity index (χ3v) is 10.9. The van der Waals surface area contributed by atoms with Crippen LogP contribution in [0, 0.1) is 0 Å². The molecule has 0 unspecified atom stereocenters. The zero-order valence-electron chi connectivity index (χ0n) is 29.0. The summed E-state index contributed by atoms with van der Waals surface area (Å²) in [6.45, 7) is -0.763. The van der Waals surface area contributed by atoms with E-state index in [1.165, 1.54) is 18.2 Å². The van der Waals surface area contributed by atoms with Crippen LogP contribution in [0.15, 0.2) is 63.0 Å². The Morgan fingerprint density at radius 2 is 1.29 bits per heavy atom. The molecular weight excluding hydrogens is 754 g/mol. The quantitative estimate of drug-likeness (QED) is 0.0895. The molecule has 15 atom stereocenters. The molecule has 306 valence electrons. The number of aliphatic hydroxyl groups excluding tert-OH is 7. The zero-order chi connectivity index (χ0) is 40.4. The summed E-state index contributed by atoms with van der Waals surface area (Å²) >= 11 is 0. The van der Waals surface area contributed by atoms with Gasteiger partial charge < -0.3 is 87.6 Å². The second kappa shape index (κ2) is 17.8. The summed E-state index contributed by atoms with van der Waals surface area (Å²) in [5, 5.41) is 70.9. The first kappa shape index (κ1) is 42.7. The van der Waals surface area contributed by atoms with Crippen LogP contribution in [0.1, 0.15) is 6.42 Å². The van der Waals surface area contributed by atoms with Crippen molar-refractivity contribution in [3.05, 3.63) is 69.2 Å². The predicted molar refractivity (Wildman–Crippen MR) is 190 cm³/mol. The molecule has 22 nitrogen and oxygen atoms in total. The molecule has 2 saturated heterocycles. The molecule has 55 heavy (non-hydrogen) atoms. The van der Waals surface area contributed by atoms with Gasteiger partial charge in [-0.1, -0.05) is 18.2 Å². The second-order valence-electron chi connectivity index (χ2n) is 13.4. The molecule has 2 aromatic carbocycles. The number of hydrogen-bond acceptors (Lipinski definition) is 19. The highest BCUT2D eigenvalue weighted by molar-refractivity contribution is 7.92. The number of ether oxygens (including phenoxy) is 4. The Labute approximate surface area is 312 Å². The van der Waals surface area contributed by atoms with Crippen molar-refractivity contribution in [3.63, 3.8) is 0 Å². The summed E-state index contributed by atoms with van der Waals surface area (Å²) in [6.07, 6.45) is -16.5. The lowest BCUT2D eigenvalue weighted by Gasteiger charge is -2.48. The summed E-state index contributed by atoms with van der Waals surface area (Å²) in [5.41, 5.74) is 22.9. The number of hydrogen-bond donors (Lipinski definition) is 14. The van der Waals surface area contributed by atoms with Crippen molar-refractivity contribution in [1.29, 1.82) is 0 Å². The number of para-hydroxylation sites is 1. The molecule has 1 aliphatic carbocycles. The van der Waals surface area contributed by atoms with Crippen molar-refractivity contribution in [1.82, 2.24) is 9.97 Å². The van der Waals surface area contributed by atoms with Gasteiger partial charge in [-0.3, -0.25) is 14.3 Å². The lowest BCUT2D eigenvalue weighted by Crippen LogP contribution is -2.68. The number of anilines is 1. The van der Waals surface area contributed by atoms with Crippen LogP contribution < -0.4 is 38.8 Å². The van der Waals surface area contributed by atoms with E-state index in [1.807, 2.05) is 0 Å². The lowest BCUT2D eigenvalue weighted by molar-refractivity contribution is -0.332. The van der Waals surface area contributed by atoms with Crippen LogP contribution in [0.4, 0.5) is 5.69 Å². The van der Waals surface area contributed by atoms with Crippen LogP contribution in [0.3, 0.4) is 0 Å². The second-order valence-corrected chi connectivity index (χ2v) is 15.1. The van der Waals surface area contributed by atoms with Crippen molar-refractivity contribution >= 4 is 26.7 Å². The molecule has 1 aromatic heterocycles. The first-order chi connectivity index (χ1) is 26.0. The summed E-state index contributed by atoms with van der Waals surface area (Å²) in [4.78, 5) is 27.2. The molecule has 23 heteroatoms. The standard InChI is InChI=1S/C18H36N4O11.C14H11N3O4S/c19-2-6-10(25)12(27)13(28)18(30-6)33-16-5(21)1-4(20)15(14(16)29)32-17-11(26)8(22)9(24)7(3-23)31-17;18-13-14(19)16-12-8-10(6-7-11(12)15-13)22(20,21)17-9-4-2-1-3-5-9/h4-18,23-29H,1-3,19-22H2;1-8,17H,(H,15,18)(H,16,19)/t4-,5+,6-,7-,8+,9-,10-,11-,12+,13-,14-,15+,16-,17-,18-;/m1./s1. The maximum Gasteiger partial charge on any atom is 0.314 e. The molecule has 2 aliphatic heterocycles. The summed E-state index contributed by atoms with van der Waals surface area (Å²) in [6, 6.07) is 9.64. The fourth-order valence-electron chi connectivity index (χ4n) is 6.38. The number of aromatic amines is 2. The molecule has 3 aliphatic rings. The smallest absolute Gasteiger partial charge is 0.314 e. The molecule has 3 fully saturated rings. The van der Waals surface area contributed by atoms with Crippen LogP contribution in [0.5, 0.6) is 0 Å². The van der Waals surface area contributed by atoms with Crippen molar-refractivity contribution in [3.8, 4) is 0 Å². The number of fused-ring (bicyclic) bond motifs is 1. The molecule has 3 aromatic rings. The third-order valence-electron chi connectivity index (χ3n) is 9.51. The van der Waals surface area contributed by atoms with E-state index < -0.39 is 119 Å². The van der Waals surface area contributed by atoms with Gasteiger partial charge in [0.1, 0.15) is 61.0 Å². The first-order valence-electron chi connectivity index (χ1n) is 17.1. The van der Waals surface area contributed by atoms with E-state index in [-0.39, 0.29) is 23.4 Å². The molecule has 1 saturated carbocycles. The van der Waals surface area contributed by atoms with Gasteiger partial charge in [-0.15, -0.1) is 0 Å². The van der Waals surface area contributed by atoms with E-state index >= 15 is 0 Å². The Hall–Kier alpha value is -3.47. The number of nitrogens with two attached hydrogens (primary N) is 4. The Balaban J connectivity index is 0.000000228. The van der Waals surface area contributed by atoms with E-state index in [0.717, 1.165) is 0 Å². The Bertz CT molecular complexity index is 1900. The first-order valence-corrected chi connectivity index (χ1v) is 18.6. The minimum atomic E-state index is -3.79. The minimum absolute atomic E-state index is 0.0217. The van der Waals surface area contributed by atoms with Gasteiger partial charge in [-0.25, -0.2) is 8.42 Å². The van der Waals surface area contributed by atoms with Crippen LogP contribution in [0.2, 0.25) is 0 Å². The number of aliphatic hydroxyl groups is 7. The van der Waals surface area contributed by atoms with Gasteiger partial charge in [-0.05, 0) is 36.8 Å². The Kier molecular flexibility index (Phi) is 13.8. The topological polar surface area (TPSA) is 395 Å². The number of nitrogens with one attached hydrogen (secondary N) is 3. The molecule has 0 radical (unpaired) electrons. The third kappa shape index (κ3) is 9.40. The number of aromatic nitrogens is 2. The van der Waals surface area contributed by atoms with Crippen LogP contribution in [-0.2, 0) is 29.0 Å². The molecule has 3 heterocycles. The van der Waals surface area contributed by atoms with Gasteiger partial charge >= 0.3 is 11.1 Å². The van der Waals surface area contributed by atoms with Crippen molar-refractivity contribution < 1.29 is 63.1 Å². The highest BCUT2D eigenvalue weighted by Gasteiger charge is 2.51. The van der Waals surface area contributed by atoms with E-state index in [0.29, 0.717) is 11.2 Å². The number of sulfonamides is 1. The van der Waals surface area contributed by atoms with Crippen molar-refractivity contribution in [2.75, 3.05) is 17.9 Å². The molecule has 6 rings (SSSR count). The number of benzene rings is 2. The maximum atomic E-state index is 12.3. The highest BCUT2D eigenvalue weighted by Crippen LogP contribution is 2.31. The van der Waals surface area contributed by atoms with Gasteiger partial charge in [0, 0.05) is 24.3 Å². The fraction of sp³-hybridized carbons (Fsp3) is 0.562. The van der Waals surface area contributed by atoms with Crippen LogP contribution in [0.25, 0.3) is 11.0 Å². The minimum Gasteiger partial charge on any atom is -0.394 e. The summed E-state index contributed by atoms with van der Waals surface area (Å²) < 4.78 is 49.3. The van der Waals surface area contributed by atoms with Gasteiger partial charge in [-0.2, -0.15) is 0 Å². The van der Waals surface area contributed by atoms with E-state index in [2.05, 4.69) is 14.7 Å². The van der Waals surface area contributed by atoms with E-state index in [1.54, 1.807) is 30.3 Å². The maximum absolute atomic E-state index is 12.3. The summed E-state index contributed by atoms with van der Waals surface area (Å²) in [7, 11) is -3.79. The van der Waals surface area contributed by atoms with Crippen molar-refractivity contribution in [2.24, 2.45) is 22.9 Å². The highest BCUT2D eigenvalue weighted by atomic mass is 32.2. The average molecular weight is 802 g/mol. The van der Waals surface area contributed by atoms with Crippen LogP contribution in [-0.4, -0.2) is 159 Å². The van der Waals surface area contributed by atoms with Gasteiger partial charge in [0.25, 0.3) is 10.0 Å². The van der Waals surface area contributed by atoms with Crippen molar-refractivity contribution in [2.45, 2.75) is 103 Å². The van der Waals surface area contributed by atoms with E-state index in [9.17, 15) is 53.8 Å². The normalized spacial score (nSPS) is 36.8. The SMILES string of the molecule is NC[C@H]1O[C@H](O[C@H]2[C@H](O)[C@@H](O[C@H]3O[C@H](CO)[C@@H](O)[C@H](N)[C@H]3O)[C@H](N)C[C@@H]2N)[C@H](O)[C@@H](O)[C@@H]1O.O=c1[nH]c2ccc(S(=O)(=O)Nc3ccccc3)cc2[nH]c1=O. The fourth-order valence-corrected chi connectivity index (χ4v) is 7.47. The number of rotatable bonds is 9. The lowest BCUT2D eigenvalue weighted by atomic mass is 9.84. The zero-order valence-corrected chi connectivity index (χ0v) is 29.8.